The predicted molar refractivity (Wildman–Crippen MR) is 69.2 cm³/mol. The molecule has 6 heteroatoms. The molecule has 0 aliphatic carbocycles. The molecule has 0 heterocycles. The number of hydrogen-bond acceptors (Lipinski definition) is 4. The lowest BCUT2D eigenvalue weighted by molar-refractivity contribution is 0.0524. The smallest absolute Gasteiger partial charge is 0.407 e. The van der Waals surface area contributed by atoms with E-state index in [0.29, 0.717) is 0 Å². The molecule has 106 valence electrons. The zero-order chi connectivity index (χ0) is 14.6. The highest BCUT2D eigenvalue weighted by Gasteiger charge is 2.18. The Morgan fingerprint density at radius 3 is 2.68 bits per heavy atom. The summed E-state index contributed by atoms with van der Waals surface area (Å²) in [6.07, 6.45) is -0.609. The van der Waals surface area contributed by atoms with Gasteiger partial charge in [-0.05, 0) is 26.8 Å². The molecule has 1 aromatic carbocycles. The number of carbonyl (C=O) groups is 1. The van der Waals surface area contributed by atoms with Gasteiger partial charge in [0, 0.05) is 18.2 Å². The number of halogens is 1. The van der Waals surface area contributed by atoms with E-state index in [1.165, 1.54) is 12.1 Å². The summed E-state index contributed by atoms with van der Waals surface area (Å²) in [5.41, 5.74) is 5.38. The molecule has 1 amide bonds. The zero-order valence-electron chi connectivity index (χ0n) is 11.2. The fourth-order valence-electron chi connectivity index (χ4n) is 1.43. The van der Waals surface area contributed by atoms with Crippen LogP contribution in [0.2, 0.25) is 0 Å². The fourth-order valence-corrected chi connectivity index (χ4v) is 1.43. The summed E-state index contributed by atoms with van der Waals surface area (Å²) >= 11 is 0. The minimum absolute atomic E-state index is 0.0383. The standard InChI is InChI=1S/C13H19FN2O3/c1-13(2,3)19-12(18)16-7-11(15)9-5-4-8(17)6-10(9)14/h4-6,11,17H,7,15H2,1-3H3,(H,16,18). The van der Waals surface area contributed by atoms with Gasteiger partial charge in [0.05, 0.1) is 6.04 Å². The maximum absolute atomic E-state index is 13.5. The second-order valence-electron chi connectivity index (χ2n) is 5.20. The summed E-state index contributed by atoms with van der Waals surface area (Å²) in [5, 5.41) is 11.6. The molecule has 0 aliphatic heterocycles. The van der Waals surface area contributed by atoms with Crippen LogP contribution in [0.3, 0.4) is 0 Å². The van der Waals surface area contributed by atoms with Crippen LogP contribution in [0.1, 0.15) is 32.4 Å². The first-order valence-corrected chi connectivity index (χ1v) is 5.90. The monoisotopic (exact) mass is 270 g/mol. The molecule has 0 saturated carbocycles. The summed E-state index contributed by atoms with van der Waals surface area (Å²) in [7, 11) is 0. The van der Waals surface area contributed by atoms with Crippen LogP contribution in [-0.2, 0) is 4.74 Å². The SMILES string of the molecule is CC(C)(C)OC(=O)NCC(N)c1ccc(O)cc1F. The van der Waals surface area contributed by atoms with E-state index in [9.17, 15) is 9.18 Å². The number of phenolic OH excluding ortho intramolecular Hbond substituents is 1. The summed E-state index contributed by atoms with van der Waals surface area (Å²) < 4.78 is 18.5. The van der Waals surface area contributed by atoms with Crippen molar-refractivity contribution in [3.05, 3.63) is 29.6 Å². The molecule has 5 nitrogen and oxygen atoms in total. The molecule has 0 saturated heterocycles. The zero-order valence-corrected chi connectivity index (χ0v) is 11.2. The van der Waals surface area contributed by atoms with Gasteiger partial charge in [-0.2, -0.15) is 0 Å². The number of aromatic hydroxyl groups is 1. The fraction of sp³-hybridized carbons (Fsp3) is 0.462. The molecule has 4 N–H and O–H groups in total. The number of phenols is 1. The molecule has 0 spiro atoms. The van der Waals surface area contributed by atoms with Gasteiger partial charge in [-0.25, -0.2) is 9.18 Å². The van der Waals surface area contributed by atoms with Crippen LogP contribution >= 0.6 is 0 Å². The molecule has 0 fully saturated rings. The van der Waals surface area contributed by atoms with Crippen LogP contribution in [0.25, 0.3) is 0 Å². The van der Waals surface area contributed by atoms with E-state index in [0.717, 1.165) is 6.07 Å². The Balaban J connectivity index is 2.56. The van der Waals surface area contributed by atoms with Crippen molar-refractivity contribution in [3.8, 4) is 5.75 Å². The maximum atomic E-state index is 13.5. The van der Waals surface area contributed by atoms with Crippen molar-refractivity contribution >= 4 is 6.09 Å². The van der Waals surface area contributed by atoms with E-state index in [4.69, 9.17) is 15.6 Å². The van der Waals surface area contributed by atoms with Gasteiger partial charge in [0.25, 0.3) is 0 Å². The number of alkyl carbamates (subject to hydrolysis) is 1. The normalized spacial score (nSPS) is 12.9. The first kappa shape index (κ1) is 15.2. The van der Waals surface area contributed by atoms with E-state index < -0.39 is 23.6 Å². The Morgan fingerprint density at radius 1 is 1.53 bits per heavy atom. The molecule has 1 atom stereocenters. The van der Waals surface area contributed by atoms with Crippen molar-refractivity contribution in [2.45, 2.75) is 32.4 Å². The second-order valence-corrected chi connectivity index (χ2v) is 5.20. The van der Waals surface area contributed by atoms with E-state index in [-0.39, 0.29) is 17.9 Å². The first-order chi connectivity index (χ1) is 8.69. The molecule has 1 aromatic rings. The van der Waals surface area contributed by atoms with Crippen LogP contribution in [0.4, 0.5) is 9.18 Å². The Labute approximate surface area is 111 Å². The van der Waals surface area contributed by atoms with Gasteiger partial charge in [-0.3, -0.25) is 0 Å². The molecule has 0 aromatic heterocycles. The maximum Gasteiger partial charge on any atom is 0.407 e. The molecule has 0 radical (unpaired) electrons. The number of carbonyl (C=O) groups excluding carboxylic acids is 1. The van der Waals surface area contributed by atoms with Crippen molar-refractivity contribution in [1.82, 2.24) is 5.32 Å². The van der Waals surface area contributed by atoms with Gasteiger partial charge < -0.3 is 20.9 Å². The van der Waals surface area contributed by atoms with Crippen LogP contribution in [0.15, 0.2) is 18.2 Å². The number of amides is 1. The van der Waals surface area contributed by atoms with E-state index >= 15 is 0 Å². The lowest BCUT2D eigenvalue weighted by Crippen LogP contribution is -2.36. The number of ether oxygens (including phenoxy) is 1. The van der Waals surface area contributed by atoms with Crippen molar-refractivity contribution in [1.29, 1.82) is 0 Å². The van der Waals surface area contributed by atoms with Gasteiger partial charge in [0.1, 0.15) is 17.2 Å². The number of benzene rings is 1. The summed E-state index contributed by atoms with van der Waals surface area (Å²) in [5.74, 6) is -0.785. The molecule has 0 bridgehead atoms. The second kappa shape index (κ2) is 5.88. The Kier molecular flexibility index (Phi) is 4.72. The summed E-state index contributed by atoms with van der Waals surface area (Å²) in [6.45, 7) is 5.26. The third kappa shape index (κ3) is 5.13. The Hall–Kier alpha value is -1.82. The van der Waals surface area contributed by atoms with E-state index in [2.05, 4.69) is 5.32 Å². The molecule has 0 aliphatic rings. The van der Waals surface area contributed by atoms with Crippen molar-refractivity contribution < 1.29 is 19.0 Å². The minimum atomic E-state index is -0.715. The topological polar surface area (TPSA) is 84.6 Å². The number of nitrogens with one attached hydrogen (secondary N) is 1. The van der Waals surface area contributed by atoms with Crippen molar-refractivity contribution in [2.75, 3.05) is 6.54 Å². The number of rotatable bonds is 3. The van der Waals surface area contributed by atoms with Gasteiger partial charge in [0.2, 0.25) is 0 Å². The van der Waals surface area contributed by atoms with Crippen molar-refractivity contribution in [2.24, 2.45) is 5.73 Å². The van der Waals surface area contributed by atoms with Crippen molar-refractivity contribution in [3.63, 3.8) is 0 Å². The van der Waals surface area contributed by atoms with Crippen LogP contribution in [0, 0.1) is 5.82 Å². The summed E-state index contributed by atoms with van der Waals surface area (Å²) in [4.78, 5) is 11.4. The van der Waals surface area contributed by atoms with E-state index in [1.54, 1.807) is 20.8 Å². The molecular formula is C13H19FN2O3. The van der Waals surface area contributed by atoms with E-state index in [1.807, 2.05) is 0 Å². The van der Waals surface area contributed by atoms with Crippen LogP contribution in [-0.4, -0.2) is 23.3 Å². The summed E-state index contributed by atoms with van der Waals surface area (Å²) in [6, 6.07) is 2.98. The molecule has 1 unspecified atom stereocenters. The highest BCUT2D eigenvalue weighted by molar-refractivity contribution is 5.67. The first-order valence-electron chi connectivity index (χ1n) is 5.90. The average molecular weight is 270 g/mol. The average Bonchev–Trinajstić information content (AvgIpc) is 2.23. The van der Waals surface area contributed by atoms with Gasteiger partial charge in [-0.1, -0.05) is 6.07 Å². The highest BCUT2D eigenvalue weighted by atomic mass is 19.1. The van der Waals surface area contributed by atoms with Crippen LogP contribution in [0.5, 0.6) is 5.75 Å². The molecule has 19 heavy (non-hydrogen) atoms. The van der Waals surface area contributed by atoms with Gasteiger partial charge >= 0.3 is 6.09 Å². The minimum Gasteiger partial charge on any atom is -0.508 e. The number of nitrogens with two attached hydrogens (primary N) is 1. The molecular weight excluding hydrogens is 251 g/mol. The largest absolute Gasteiger partial charge is 0.508 e. The Morgan fingerprint density at radius 2 is 2.16 bits per heavy atom. The highest BCUT2D eigenvalue weighted by Crippen LogP contribution is 2.19. The van der Waals surface area contributed by atoms with Crippen LogP contribution < -0.4 is 11.1 Å². The predicted octanol–water partition coefficient (Wildman–Crippen LogP) is 2.06. The third-order valence-electron chi connectivity index (χ3n) is 2.25. The molecule has 1 rings (SSSR count). The lowest BCUT2D eigenvalue weighted by Gasteiger charge is -2.21. The van der Waals surface area contributed by atoms with Gasteiger partial charge in [-0.15, -0.1) is 0 Å². The van der Waals surface area contributed by atoms with Gasteiger partial charge in [0.15, 0.2) is 0 Å². The number of hydrogen-bond donors (Lipinski definition) is 3. The lowest BCUT2D eigenvalue weighted by atomic mass is 10.1. The third-order valence-corrected chi connectivity index (χ3v) is 2.25. The quantitative estimate of drug-likeness (QED) is 0.784. The Bertz CT molecular complexity index is 458.